The lowest BCUT2D eigenvalue weighted by molar-refractivity contribution is 0.379. The summed E-state index contributed by atoms with van der Waals surface area (Å²) in [4.78, 5) is 16.7. The van der Waals surface area contributed by atoms with Gasteiger partial charge in [-0.1, -0.05) is 6.92 Å². The number of hydrogen-bond donors (Lipinski definition) is 2. The Kier molecular flexibility index (Phi) is 4.85. The van der Waals surface area contributed by atoms with Crippen LogP contribution in [0.5, 0.6) is 6.01 Å². The number of rotatable bonds is 7. The minimum Gasteiger partial charge on any atom is -0.467 e. The van der Waals surface area contributed by atoms with Crippen molar-refractivity contribution >= 4 is 23.2 Å². The molecule has 2 heterocycles. The van der Waals surface area contributed by atoms with E-state index < -0.39 is 0 Å². The van der Waals surface area contributed by atoms with E-state index in [9.17, 15) is 0 Å². The highest BCUT2D eigenvalue weighted by Gasteiger charge is 2.06. The van der Waals surface area contributed by atoms with Crippen LogP contribution in [0, 0.1) is 0 Å². The molecule has 0 aliphatic rings. The molecule has 0 aliphatic carbocycles. The summed E-state index contributed by atoms with van der Waals surface area (Å²) in [6.07, 6.45) is 2.76. The average molecular weight is 280 g/mol. The second kappa shape index (κ2) is 6.83. The van der Waals surface area contributed by atoms with Crippen molar-refractivity contribution < 1.29 is 4.74 Å². The molecule has 0 unspecified atom stereocenters. The van der Waals surface area contributed by atoms with E-state index in [0.717, 1.165) is 18.0 Å². The molecule has 0 spiro atoms. The molecular weight excluding hydrogens is 264 g/mol. The second-order valence-corrected chi connectivity index (χ2v) is 4.65. The number of anilines is 2. The Hall–Kier alpha value is -1.96. The van der Waals surface area contributed by atoms with Crippen LogP contribution >= 0.6 is 11.3 Å². The molecule has 2 rings (SSSR count). The van der Waals surface area contributed by atoms with E-state index in [1.165, 1.54) is 7.11 Å². The van der Waals surface area contributed by atoms with E-state index in [1.54, 1.807) is 17.5 Å². The number of nitrogens with zero attached hydrogens (tertiary/aromatic N) is 4. The van der Waals surface area contributed by atoms with Crippen LogP contribution in [0.25, 0.3) is 0 Å². The molecule has 0 saturated carbocycles. The third-order valence-corrected chi connectivity index (χ3v) is 2.99. The molecule has 0 radical (unpaired) electrons. The predicted molar refractivity (Wildman–Crippen MR) is 74.6 cm³/mol. The van der Waals surface area contributed by atoms with Gasteiger partial charge in [-0.2, -0.15) is 15.0 Å². The SMILES string of the molecule is CCCNc1nc(NCc2nccs2)nc(OC)n1. The summed E-state index contributed by atoms with van der Waals surface area (Å²) >= 11 is 1.58. The molecule has 0 fully saturated rings. The molecule has 102 valence electrons. The lowest BCUT2D eigenvalue weighted by Crippen LogP contribution is -2.10. The Bertz CT molecular complexity index is 504. The highest BCUT2D eigenvalue weighted by Crippen LogP contribution is 2.12. The summed E-state index contributed by atoms with van der Waals surface area (Å²) in [5, 5.41) is 9.12. The average Bonchev–Trinajstić information content (AvgIpc) is 2.96. The fourth-order valence-electron chi connectivity index (χ4n) is 1.34. The van der Waals surface area contributed by atoms with E-state index >= 15 is 0 Å². The number of thiazole rings is 1. The molecule has 0 amide bonds. The maximum atomic E-state index is 5.06. The molecule has 0 aliphatic heterocycles. The van der Waals surface area contributed by atoms with Gasteiger partial charge in [0.05, 0.1) is 13.7 Å². The Balaban J connectivity index is 2.05. The van der Waals surface area contributed by atoms with Crippen molar-refractivity contribution in [1.29, 1.82) is 0 Å². The van der Waals surface area contributed by atoms with E-state index in [-0.39, 0.29) is 6.01 Å². The first-order valence-electron chi connectivity index (χ1n) is 5.98. The van der Waals surface area contributed by atoms with Crippen LogP contribution in [0.3, 0.4) is 0 Å². The van der Waals surface area contributed by atoms with Crippen LogP contribution in [0.2, 0.25) is 0 Å². The first-order chi connectivity index (χ1) is 9.31. The van der Waals surface area contributed by atoms with E-state index in [4.69, 9.17) is 4.74 Å². The summed E-state index contributed by atoms with van der Waals surface area (Å²) in [7, 11) is 1.53. The van der Waals surface area contributed by atoms with Crippen LogP contribution in [-0.2, 0) is 6.54 Å². The smallest absolute Gasteiger partial charge is 0.322 e. The first-order valence-corrected chi connectivity index (χ1v) is 6.86. The molecule has 0 atom stereocenters. The normalized spacial score (nSPS) is 10.2. The molecular formula is C11H16N6OS. The largest absolute Gasteiger partial charge is 0.467 e. The molecule has 2 N–H and O–H groups in total. The Morgan fingerprint density at radius 2 is 2.00 bits per heavy atom. The molecule has 0 bridgehead atoms. The number of nitrogens with one attached hydrogen (secondary N) is 2. The topological polar surface area (TPSA) is 84.9 Å². The summed E-state index contributed by atoms with van der Waals surface area (Å²) in [6, 6.07) is 0.287. The molecule has 7 nitrogen and oxygen atoms in total. The maximum Gasteiger partial charge on any atom is 0.322 e. The van der Waals surface area contributed by atoms with Crippen molar-refractivity contribution in [3.63, 3.8) is 0 Å². The zero-order valence-electron chi connectivity index (χ0n) is 10.9. The van der Waals surface area contributed by atoms with E-state index in [0.29, 0.717) is 18.4 Å². The number of ether oxygens (including phenoxy) is 1. The summed E-state index contributed by atoms with van der Waals surface area (Å²) in [6.45, 7) is 3.46. The fourth-order valence-corrected chi connectivity index (χ4v) is 1.89. The third kappa shape index (κ3) is 4.02. The minimum absolute atomic E-state index is 0.287. The van der Waals surface area contributed by atoms with Crippen LogP contribution in [0.4, 0.5) is 11.9 Å². The van der Waals surface area contributed by atoms with Crippen molar-refractivity contribution in [3.05, 3.63) is 16.6 Å². The van der Waals surface area contributed by atoms with Crippen LogP contribution in [-0.4, -0.2) is 33.6 Å². The van der Waals surface area contributed by atoms with Gasteiger partial charge in [-0.25, -0.2) is 4.98 Å². The van der Waals surface area contributed by atoms with Gasteiger partial charge >= 0.3 is 6.01 Å². The fraction of sp³-hybridized carbons (Fsp3) is 0.455. The highest BCUT2D eigenvalue weighted by atomic mass is 32.1. The maximum absolute atomic E-state index is 5.06. The van der Waals surface area contributed by atoms with Crippen molar-refractivity contribution in [2.75, 3.05) is 24.3 Å². The minimum atomic E-state index is 0.287. The summed E-state index contributed by atoms with van der Waals surface area (Å²) < 4.78 is 5.06. The molecule has 2 aromatic heterocycles. The highest BCUT2D eigenvalue weighted by molar-refractivity contribution is 7.09. The molecule has 0 aromatic carbocycles. The van der Waals surface area contributed by atoms with Crippen molar-refractivity contribution in [1.82, 2.24) is 19.9 Å². The van der Waals surface area contributed by atoms with Crippen molar-refractivity contribution in [2.24, 2.45) is 0 Å². The molecule has 8 heteroatoms. The standard InChI is InChI=1S/C11H16N6OS/c1-3-4-13-9-15-10(17-11(16-9)18-2)14-7-8-12-5-6-19-8/h5-6H,3-4,7H2,1-2H3,(H2,13,14,15,16,17). The van der Waals surface area contributed by atoms with Gasteiger partial charge in [-0.05, 0) is 6.42 Å². The van der Waals surface area contributed by atoms with Gasteiger partial charge in [-0.3, -0.25) is 0 Å². The van der Waals surface area contributed by atoms with Crippen LogP contribution in [0.1, 0.15) is 18.4 Å². The zero-order valence-corrected chi connectivity index (χ0v) is 11.7. The number of methoxy groups -OCH3 is 1. The predicted octanol–water partition coefficient (Wildman–Crippen LogP) is 1.77. The van der Waals surface area contributed by atoms with Gasteiger partial charge in [0.15, 0.2) is 0 Å². The summed E-state index contributed by atoms with van der Waals surface area (Å²) in [5.74, 6) is 0.982. The van der Waals surface area contributed by atoms with Gasteiger partial charge in [0.25, 0.3) is 0 Å². The van der Waals surface area contributed by atoms with Crippen LogP contribution in [0.15, 0.2) is 11.6 Å². The Morgan fingerprint density at radius 1 is 1.21 bits per heavy atom. The van der Waals surface area contributed by atoms with Gasteiger partial charge in [0.1, 0.15) is 5.01 Å². The third-order valence-electron chi connectivity index (χ3n) is 2.21. The Labute approximate surface area is 115 Å². The first kappa shape index (κ1) is 13.5. The number of hydrogen-bond acceptors (Lipinski definition) is 8. The van der Waals surface area contributed by atoms with Crippen molar-refractivity contribution in [3.8, 4) is 6.01 Å². The quantitative estimate of drug-likeness (QED) is 0.799. The molecule has 0 saturated heterocycles. The van der Waals surface area contributed by atoms with Crippen LogP contribution < -0.4 is 15.4 Å². The zero-order chi connectivity index (χ0) is 13.5. The summed E-state index contributed by atoms with van der Waals surface area (Å²) in [5.41, 5.74) is 0. The van der Waals surface area contributed by atoms with Gasteiger partial charge in [0.2, 0.25) is 11.9 Å². The second-order valence-electron chi connectivity index (χ2n) is 3.68. The molecule has 19 heavy (non-hydrogen) atoms. The lowest BCUT2D eigenvalue weighted by Gasteiger charge is -2.08. The van der Waals surface area contributed by atoms with Crippen molar-refractivity contribution in [2.45, 2.75) is 19.9 Å². The van der Waals surface area contributed by atoms with Gasteiger partial charge in [-0.15, -0.1) is 11.3 Å². The van der Waals surface area contributed by atoms with E-state index in [2.05, 4.69) is 37.5 Å². The Morgan fingerprint density at radius 3 is 2.63 bits per heavy atom. The van der Waals surface area contributed by atoms with Gasteiger partial charge < -0.3 is 15.4 Å². The van der Waals surface area contributed by atoms with E-state index in [1.807, 2.05) is 5.38 Å². The van der Waals surface area contributed by atoms with Gasteiger partial charge in [0, 0.05) is 18.1 Å². The monoisotopic (exact) mass is 280 g/mol. The molecule has 2 aromatic rings. The lowest BCUT2D eigenvalue weighted by atomic mass is 10.5. The number of aromatic nitrogens is 4.